The molecule has 1 N–H and O–H groups in total. The van der Waals surface area contributed by atoms with Crippen LogP contribution in [0, 0.1) is 13.8 Å². The molecule has 8 heteroatoms. The van der Waals surface area contributed by atoms with Crippen LogP contribution in [0.4, 0.5) is 0 Å². The highest BCUT2D eigenvalue weighted by atomic mass is 16.1. The van der Waals surface area contributed by atoms with Crippen molar-refractivity contribution in [1.29, 1.82) is 0 Å². The number of aryl methyl sites for hydroxylation is 2. The van der Waals surface area contributed by atoms with Gasteiger partial charge < -0.3 is 4.98 Å². The molecule has 1 saturated carbocycles. The highest BCUT2D eigenvalue weighted by molar-refractivity contribution is 5.83. The van der Waals surface area contributed by atoms with E-state index in [4.69, 9.17) is 0 Å². The van der Waals surface area contributed by atoms with Crippen molar-refractivity contribution in [2.45, 2.75) is 64.6 Å². The number of piperazine rings is 1. The Morgan fingerprint density at radius 2 is 1.74 bits per heavy atom. The molecule has 0 unspecified atom stereocenters. The van der Waals surface area contributed by atoms with E-state index in [0.29, 0.717) is 6.04 Å². The first-order valence-corrected chi connectivity index (χ1v) is 14.0. The second-order valence-corrected chi connectivity index (χ2v) is 11.0. The minimum Gasteiger partial charge on any atom is -0.321 e. The summed E-state index contributed by atoms with van der Waals surface area (Å²) in [6.45, 7) is 8.64. The van der Waals surface area contributed by atoms with Crippen molar-refractivity contribution in [2.24, 2.45) is 0 Å². The zero-order valence-corrected chi connectivity index (χ0v) is 22.4. The van der Waals surface area contributed by atoms with Crippen molar-refractivity contribution in [1.82, 2.24) is 35.0 Å². The minimum atomic E-state index is -0.291. The molecular weight excluding hydrogens is 474 g/mol. The number of H-pyrrole nitrogens is 1. The van der Waals surface area contributed by atoms with Crippen LogP contribution in [0.25, 0.3) is 10.9 Å². The topological polar surface area (TPSA) is 82.9 Å². The predicted octanol–water partition coefficient (Wildman–Crippen LogP) is 4.54. The molecule has 2 aromatic carbocycles. The van der Waals surface area contributed by atoms with Gasteiger partial charge in [-0.2, -0.15) is 0 Å². The fourth-order valence-electron chi connectivity index (χ4n) is 6.23. The lowest BCUT2D eigenvalue weighted by atomic mass is 9.94. The van der Waals surface area contributed by atoms with Gasteiger partial charge in [-0.15, -0.1) is 5.10 Å². The number of tetrazole rings is 1. The highest BCUT2D eigenvalue weighted by Crippen LogP contribution is 2.34. The maximum Gasteiger partial charge on any atom is 0.253 e. The third-order valence-corrected chi connectivity index (χ3v) is 8.58. The summed E-state index contributed by atoms with van der Waals surface area (Å²) in [4.78, 5) is 21.8. The molecule has 2 fully saturated rings. The first-order valence-electron chi connectivity index (χ1n) is 14.0. The maximum atomic E-state index is 13.7. The molecule has 8 nitrogen and oxygen atoms in total. The molecule has 4 aromatic rings. The van der Waals surface area contributed by atoms with Crippen molar-refractivity contribution in [2.75, 3.05) is 26.2 Å². The largest absolute Gasteiger partial charge is 0.321 e. The molecule has 2 aliphatic rings. The second kappa shape index (κ2) is 10.8. The Balaban J connectivity index is 1.36. The van der Waals surface area contributed by atoms with E-state index in [1.54, 1.807) is 0 Å². The highest BCUT2D eigenvalue weighted by Gasteiger charge is 2.34. The molecule has 0 bridgehead atoms. The fourth-order valence-corrected chi connectivity index (χ4v) is 6.23. The number of nitrogens with zero attached hydrogens (tertiary/aromatic N) is 6. The summed E-state index contributed by atoms with van der Waals surface area (Å²) < 4.78 is 2.03. The van der Waals surface area contributed by atoms with E-state index in [1.807, 2.05) is 4.68 Å². The van der Waals surface area contributed by atoms with Crippen LogP contribution in [0.3, 0.4) is 0 Å². The third kappa shape index (κ3) is 4.90. The normalized spacial score (nSPS) is 18.7. The third-order valence-electron chi connectivity index (χ3n) is 8.58. The number of nitrogens with one attached hydrogen (secondary N) is 1. The monoisotopic (exact) mass is 511 g/mol. The van der Waals surface area contributed by atoms with Crippen molar-refractivity contribution in [3.05, 3.63) is 87.0 Å². The molecule has 1 atom stereocenters. The van der Waals surface area contributed by atoms with Gasteiger partial charge in [-0.25, -0.2) is 4.68 Å². The fraction of sp³-hybridized carbons (Fsp3) is 0.467. The first kappa shape index (κ1) is 24.9. The number of fused-ring (bicyclic) bond motifs is 1. The van der Waals surface area contributed by atoms with Crippen LogP contribution >= 0.6 is 0 Å². The molecule has 198 valence electrons. The van der Waals surface area contributed by atoms with Gasteiger partial charge in [0.05, 0.1) is 11.6 Å². The minimum absolute atomic E-state index is 0.0545. The van der Waals surface area contributed by atoms with Gasteiger partial charge in [-0.1, -0.05) is 61.7 Å². The van der Waals surface area contributed by atoms with Crippen LogP contribution in [-0.2, 0) is 6.54 Å². The Bertz CT molecular complexity index is 1450. The summed E-state index contributed by atoms with van der Waals surface area (Å²) >= 11 is 0. The van der Waals surface area contributed by atoms with Crippen LogP contribution in [0.2, 0.25) is 0 Å². The standard InChI is InChI=1S/C30H37N7O/c1-21-13-14-24-19-26(30(38)31-27(24)22(21)2)28(29-32-33-34-37(29)25-11-7-4-8-12-25)36-17-15-35(16-18-36)20-23-9-5-3-6-10-23/h3,5-6,9-10,13-14,19,25,28H,4,7-8,11-12,15-18,20H2,1-2H3,(H,31,38)/t28-/m0/s1. The van der Waals surface area contributed by atoms with Crippen LogP contribution < -0.4 is 5.56 Å². The summed E-state index contributed by atoms with van der Waals surface area (Å²) in [5.74, 6) is 0.794. The summed E-state index contributed by atoms with van der Waals surface area (Å²) in [6.07, 6.45) is 5.83. The molecule has 6 rings (SSSR count). The number of pyridine rings is 1. The van der Waals surface area contributed by atoms with Crippen molar-refractivity contribution >= 4 is 10.9 Å². The number of rotatable bonds is 6. The Morgan fingerprint density at radius 3 is 2.50 bits per heavy atom. The molecule has 0 radical (unpaired) electrons. The zero-order valence-electron chi connectivity index (χ0n) is 22.4. The number of aromatic amines is 1. The summed E-state index contributed by atoms with van der Waals surface area (Å²) in [5.41, 5.74) is 5.20. The van der Waals surface area contributed by atoms with E-state index in [0.717, 1.165) is 73.4 Å². The molecule has 1 aliphatic heterocycles. The van der Waals surface area contributed by atoms with E-state index in [2.05, 4.69) is 92.7 Å². The zero-order chi connectivity index (χ0) is 26.1. The SMILES string of the molecule is Cc1ccc2cc([C@@H](c3nnnn3C3CCCCC3)N3CCN(Cc4ccccc4)CC3)c(=O)[nH]c2c1C. The number of hydrogen-bond donors (Lipinski definition) is 1. The average molecular weight is 512 g/mol. The van der Waals surface area contributed by atoms with Gasteiger partial charge in [-0.3, -0.25) is 14.6 Å². The van der Waals surface area contributed by atoms with E-state index in [9.17, 15) is 4.79 Å². The lowest BCUT2D eigenvalue weighted by Crippen LogP contribution is -2.48. The van der Waals surface area contributed by atoms with E-state index < -0.39 is 0 Å². The summed E-state index contributed by atoms with van der Waals surface area (Å²) in [7, 11) is 0. The van der Waals surface area contributed by atoms with Gasteiger partial charge in [0.1, 0.15) is 6.04 Å². The quantitative estimate of drug-likeness (QED) is 0.409. The van der Waals surface area contributed by atoms with Crippen LogP contribution in [0.1, 0.15) is 72.3 Å². The Hall–Kier alpha value is -3.36. The van der Waals surface area contributed by atoms with Crippen LogP contribution in [0.5, 0.6) is 0 Å². The van der Waals surface area contributed by atoms with Crippen molar-refractivity contribution in [3.63, 3.8) is 0 Å². The van der Waals surface area contributed by atoms with Crippen LogP contribution in [-0.4, -0.2) is 61.2 Å². The van der Waals surface area contributed by atoms with Gasteiger partial charge in [0.25, 0.3) is 5.56 Å². The molecule has 0 spiro atoms. The van der Waals surface area contributed by atoms with Gasteiger partial charge in [0.15, 0.2) is 5.82 Å². The van der Waals surface area contributed by atoms with E-state index in [-0.39, 0.29) is 11.6 Å². The van der Waals surface area contributed by atoms with Gasteiger partial charge >= 0.3 is 0 Å². The van der Waals surface area contributed by atoms with Crippen LogP contribution in [0.15, 0.2) is 53.3 Å². The Morgan fingerprint density at radius 1 is 0.974 bits per heavy atom. The Labute approximate surface area is 223 Å². The lowest BCUT2D eigenvalue weighted by Gasteiger charge is -2.39. The lowest BCUT2D eigenvalue weighted by molar-refractivity contribution is 0.0982. The van der Waals surface area contributed by atoms with Crippen molar-refractivity contribution < 1.29 is 0 Å². The molecule has 1 saturated heterocycles. The maximum absolute atomic E-state index is 13.7. The van der Waals surface area contributed by atoms with Gasteiger partial charge in [0.2, 0.25) is 0 Å². The molecule has 2 aromatic heterocycles. The number of benzene rings is 2. The van der Waals surface area contributed by atoms with Gasteiger partial charge in [-0.05, 0) is 65.3 Å². The summed E-state index contributed by atoms with van der Waals surface area (Å²) in [5, 5.41) is 14.2. The second-order valence-electron chi connectivity index (χ2n) is 11.0. The van der Waals surface area contributed by atoms with E-state index in [1.165, 1.54) is 30.4 Å². The Kier molecular flexibility index (Phi) is 7.08. The van der Waals surface area contributed by atoms with Gasteiger partial charge in [0, 0.05) is 38.3 Å². The number of hydrogen-bond acceptors (Lipinski definition) is 6. The molecular formula is C30H37N7O. The molecule has 3 heterocycles. The van der Waals surface area contributed by atoms with E-state index >= 15 is 0 Å². The van der Waals surface area contributed by atoms with Crippen molar-refractivity contribution in [3.8, 4) is 0 Å². The summed E-state index contributed by atoms with van der Waals surface area (Å²) in [6, 6.07) is 16.9. The molecule has 38 heavy (non-hydrogen) atoms. The number of aromatic nitrogens is 5. The predicted molar refractivity (Wildman–Crippen MR) is 149 cm³/mol. The average Bonchev–Trinajstić information content (AvgIpc) is 3.43. The molecule has 0 amide bonds. The smallest absolute Gasteiger partial charge is 0.253 e. The molecule has 1 aliphatic carbocycles. The first-order chi connectivity index (χ1) is 18.6.